The number of benzene rings is 3. The van der Waals surface area contributed by atoms with Crippen LogP contribution in [0.15, 0.2) is 78.5 Å². The highest BCUT2D eigenvalue weighted by atomic mass is 35.5. The fraction of sp³-hybridized carbons (Fsp3) is 0.0769. The lowest BCUT2D eigenvalue weighted by Crippen LogP contribution is -2.29. The number of H-pyrrole nitrogens is 1. The van der Waals surface area contributed by atoms with E-state index in [0.29, 0.717) is 22.2 Å². The molecule has 1 aliphatic heterocycles. The van der Waals surface area contributed by atoms with Crippen LogP contribution in [-0.2, 0) is 9.59 Å². The number of nitrogens with one attached hydrogen (secondary N) is 1. The minimum absolute atomic E-state index is 0.0138. The maximum Gasteiger partial charge on any atom is 0.300 e. The van der Waals surface area contributed by atoms with Gasteiger partial charge in [0.1, 0.15) is 5.76 Å². The van der Waals surface area contributed by atoms with E-state index in [1.54, 1.807) is 36.5 Å². The lowest BCUT2D eigenvalue weighted by molar-refractivity contribution is -0.132. The van der Waals surface area contributed by atoms with Crippen molar-refractivity contribution in [2.75, 3.05) is 12.0 Å². The molecular weight excluding hydrogens is 456 g/mol. The first-order chi connectivity index (χ1) is 16.4. The van der Waals surface area contributed by atoms with E-state index in [1.165, 1.54) is 24.1 Å². The molecule has 1 saturated heterocycles. The zero-order valence-corrected chi connectivity index (χ0v) is 18.7. The van der Waals surface area contributed by atoms with Crippen molar-refractivity contribution in [3.8, 4) is 11.5 Å². The lowest BCUT2D eigenvalue weighted by atomic mass is 9.94. The number of para-hydroxylation sites is 2. The fourth-order valence-electron chi connectivity index (χ4n) is 4.32. The van der Waals surface area contributed by atoms with Crippen LogP contribution in [0.2, 0.25) is 5.02 Å². The maximum absolute atomic E-state index is 13.3. The SMILES string of the molecule is COc1cc(C2/C(=C(/O)c3c[nH]c4ccccc34)C(=O)C(=O)N2c2ccccc2)cc(Cl)c1O. The summed E-state index contributed by atoms with van der Waals surface area (Å²) in [6.07, 6.45) is 1.59. The van der Waals surface area contributed by atoms with Gasteiger partial charge in [-0.2, -0.15) is 0 Å². The molecule has 170 valence electrons. The van der Waals surface area contributed by atoms with Gasteiger partial charge in [-0.15, -0.1) is 0 Å². The quantitative estimate of drug-likeness (QED) is 0.215. The molecule has 0 spiro atoms. The summed E-state index contributed by atoms with van der Waals surface area (Å²) in [4.78, 5) is 31.0. The van der Waals surface area contributed by atoms with Crippen molar-refractivity contribution < 1.29 is 24.5 Å². The van der Waals surface area contributed by atoms with Gasteiger partial charge < -0.3 is 19.9 Å². The van der Waals surface area contributed by atoms with Crippen LogP contribution in [0.25, 0.3) is 16.7 Å². The Morgan fingerprint density at radius 1 is 1.06 bits per heavy atom. The van der Waals surface area contributed by atoms with Crippen LogP contribution in [0.5, 0.6) is 11.5 Å². The number of anilines is 1. The molecule has 1 fully saturated rings. The molecule has 3 aromatic carbocycles. The van der Waals surface area contributed by atoms with E-state index in [0.717, 1.165) is 5.52 Å². The van der Waals surface area contributed by atoms with E-state index < -0.39 is 17.7 Å². The van der Waals surface area contributed by atoms with Gasteiger partial charge in [0.15, 0.2) is 11.5 Å². The standard InChI is InChI=1S/C26H19ClN2O5/c1-34-20-12-14(11-18(27)24(20)31)22-21(23(30)17-13-28-19-10-6-5-9-16(17)19)25(32)26(33)29(22)15-7-3-2-4-8-15/h2-13,22,28,30-31H,1H3/b23-21-. The highest BCUT2D eigenvalue weighted by Gasteiger charge is 2.47. The molecule has 1 amide bonds. The molecule has 0 bridgehead atoms. The Bertz CT molecular complexity index is 1480. The number of fused-ring (bicyclic) bond motifs is 1. The minimum Gasteiger partial charge on any atom is -0.507 e. The third-order valence-corrected chi connectivity index (χ3v) is 6.20. The van der Waals surface area contributed by atoms with Crippen LogP contribution in [0.1, 0.15) is 17.2 Å². The van der Waals surface area contributed by atoms with Gasteiger partial charge in [0.25, 0.3) is 11.7 Å². The molecule has 0 radical (unpaired) electrons. The summed E-state index contributed by atoms with van der Waals surface area (Å²) in [7, 11) is 1.37. The number of amides is 1. The average molecular weight is 475 g/mol. The molecule has 1 unspecified atom stereocenters. The number of rotatable bonds is 4. The second kappa shape index (κ2) is 8.28. The van der Waals surface area contributed by atoms with Gasteiger partial charge in [-0.1, -0.05) is 48.0 Å². The Labute approximate surface area is 199 Å². The number of carbonyl (C=O) groups excluding carboxylic acids is 2. The topological polar surface area (TPSA) is 103 Å². The van der Waals surface area contributed by atoms with Crippen LogP contribution in [0, 0.1) is 0 Å². The first-order valence-electron chi connectivity index (χ1n) is 10.4. The number of phenols is 1. The highest BCUT2D eigenvalue weighted by Crippen LogP contribution is 2.46. The molecule has 4 aromatic rings. The van der Waals surface area contributed by atoms with Gasteiger partial charge >= 0.3 is 0 Å². The van der Waals surface area contributed by atoms with Gasteiger partial charge in [0.2, 0.25) is 0 Å². The van der Waals surface area contributed by atoms with Crippen molar-refractivity contribution in [3.05, 3.63) is 94.6 Å². The summed E-state index contributed by atoms with van der Waals surface area (Å²) < 4.78 is 5.24. The van der Waals surface area contributed by atoms with Crippen LogP contribution < -0.4 is 9.64 Å². The number of ether oxygens (including phenoxy) is 1. The summed E-state index contributed by atoms with van der Waals surface area (Å²) in [5, 5.41) is 22.3. The van der Waals surface area contributed by atoms with Crippen molar-refractivity contribution in [2.45, 2.75) is 6.04 Å². The predicted molar refractivity (Wildman–Crippen MR) is 129 cm³/mol. The number of nitrogens with zero attached hydrogens (tertiary/aromatic N) is 1. The summed E-state index contributed by atoms with van der Waals surface area (Å²) in [5.41, 5.74) is 1.93. The Morgan fingerprint density at radius 2 is 1.76 bits per heavy atom. The summed E-state index contributed by atoms with van der Waals surface area (Å²) in [6.45, 7) is 0. The van der Waals surface area contributed by atoms with Crippen molar-refractivity contribution in [1.82, 2.24) is 4.98 Å². The van der Waals surface area contributed by atoms with Crippen LogP contribution in [0.4, 0.5) is 5.69 Å². The first kappa shape index (κ1) is 21.6. The second-order valence-corrected chi connectivity index (χ2v) is 8.21. The maximum atomic E-state index is 13.3. The largest absolute Gasteiger partial charge is 0.507 e. The minimum atomic E-state index is -1.01. The van der Waals surface area contributed by atoms with Crippen molar-refractivity contribution in [3.63, 3.8) is 0 Å². The number of methoxy groups -OCH3 is 1. The van der Waals surface area contributed by atoms with Crippen molar-refractivity contribution in [1.29, 1.82) is 0 Å². The van der Waals surface area contributed by atoms with Gasteiger partial charge in [0.05, 0.1) is 23.7 Å². The zero-order chi connectivity index (χ0) is 24.0. The Balaban J connectivity index is 1.80. The van der Waals surface area contributed by atoms with E-state index in [2.05, 4.69) is 4.98 Å². The molecule has 3 N–H and O–H groups in total. The normalized spacial score (nSPS) is 17.5. The molecule has 2 heterocycles. The number of aliphatic hydroxyl groups excluding tert-OH is 1. The number of halogens is 1. The molecule has 5 rings (SSSR count). The molecule has 7 nitrogen and oxygen atoms in total. The Hall–Kier alpha value is -4.23. The molecule has 1 aromatic heterocycles. The fourth-order valence-corrected chi connectivity index (χ4v) is 4.54. The van der Waals surface area contributed by atoms with Crippen molar-refractivity contribution >= 4 is 45.6 Å². The number of Topliss-reactive ketones (excluding diaryl/α,β-unsaturated/α-hetero) is 1. The summed E-state index contributed by atoms with van der Waals surface area (Å²) in [6, 6.07) is 17.9. The van der Waals surface area contributed by atoms with Crippen molar-refractivity contribution in [2.24, 2.45) is 0 Å². The third kappa shape index (κ3) is 3.29. The number of carbonyl (C=O) groups is 2. The van der Waals surface area contributed by atoms with Gasteiger partial charge in [-0.3, -0.25) is 14.5 Å². The number of phenolic OH excluding ortho intramolecular Hbond substituents is 1. The zero-order valence-electron chi connectivity index (χ0n) is 17.9. The predicted octanol–water partition coefficient (Wildman–Crippen LogP) is 5.16. The Morgan fingerprint density at radius 3 is 2.50 bits per heavy atom. The van der Waals surface area contributed by atoms with Crippen LogP contribution in [-0.4, -0.2) is 34.0 Å². The van der Waals surface area contributed by atoms with Gasteiger partial charge in [-0.05, 0) is 35.9 Å². The molecule has 8 heteroatoms. The van der Waals surface area contributed by atoms with E-state index in [4.69, 9.17) is 16.3 Å². The number of aromatic amines is 1. The Kier molecular flexibility index (Phi) is 5.26. The first-order valence-corrected chi connectivity index (χ1v) is 10.8. The molecule has 1 aliphatic rings. The second-order valence-electron chi connectivity index (χ2n) is 7.81. The van der Waals surface area contributed by atoms with E-state index in [-0.39, 0.29) is 27.9 Å². The van der Waals surface area contributed by atoms with Gasteiger partial charge in [0, 0.05) is 28.4 Å². The lowest BCUT2D eigenvalue weighted by Gasteiger charge is -2.26. The van der Waals surface area contributed by atoms with Crippen LogP contribution >= 0.6 is 11.6 Å². The van der Waals surface area contributed by atoms with E-state index in [9.17, 15) is 19.8 Å². The smallest absolute Gasteiger partial charge is 0.300 e. The van der Waals surface area contributed by atoms with Crippen LogP contribution in [0.3, 0.4) is 0 Å². The highest BCUT2D eigenvalue weighted by molar-refractivity contribution is 6.52. The summed E-state index contributed by atoms with van der Waals surface area (Å²) >= 11 is 6.25. The number of aliphatic hydroxyl groups is 1. The number of hydrogen-bond acceptors (Lipinski definition) is 5. The van der Waals surface area contributed by atoms with Gasteiger partial charge in [-0.25, -0.2) is 0 Å². The molecule has 34 heavy (non-hydrogen) atoms. The molecular formula is C26H19ClN2O5. The van der Waals surface area contributed by atoms with E-state index >= 15 is 0 Å². The molecule has 0 aliphatic carbocycles. The molecule has 1 atom stereocenters. The average Bonchev–Trinajstić information content (AvgIpc) is 3.40. The molecule has 0 saturated carbocycles. The third-order valence-electron chi connectivity index (χ3n) is 5.91. The number of aromatic nitrogens is 1. The number of hydrogen-bond donors (Lipinski definition) is 3. The monoisotopic (exact) mass is 474 g/mol. The number of ketones is 1. The van der Waals surface area contributed by atoms with E-state index in [1.807, 2.05) is 24.3 Å². The summed E-state index contributed by atoms with van der Waals surface area (Å²) in [5.74, 6) is -2.13. The number of aromatic hydroxyl groups is 1.